The number of methoxy groups -OCH3 is 3. The van der Waals surface area contributed by atoms with Crippen LogP contribution in [0.4, 0.5) is 10.1 Å². The Labute approximate surface area is 361 Å². The van der Waals surface area contributed by atoms with E-state index in [-0.39, 0.29) is 72.5 Å². The van der Waals surface area contributed by atoms with Crippen molar-refractivity contribution in [3.05, 3.63) is 41.7 Å². The van der Waals surface area contributed by atoms with Gasteiger partial charge in [-0.3, -0.25) is 9.59 Å². The van der Waals surface area contributed by atoms with E-state index in [9.17, 15) is 14.3 Å². The number of nitrogens with one attached hydrogen (secondary N) is 1. The van der Waals surface area contributed by atoms with Gasteiger partial charge < -0.3 is 53.2 Å². The highest BCUT2D eigenvalue weighted by atomic mass is 19.1. The second-order valence-corrected chi connectivity index (χ2v) is 18.8. The molecular formula is C47H71FN2O11. The van der Waals surface area contributed by atoms with Gasteiger partial charge in [0, 0.05) is 50.8 Å². The Bertz CT molecular complexity index is 1680. The maximum absolute atomic E-state index is 15.1. The molecule has 2 saturated carbocycles. The largest absolute Gasteiger partial charge is 0.462 e. The summed E-state index contributed by atoms with van der Waals surface area (Å²) in [6.45, 7) is 7.96. The fourth-order valence-electron chi connectivity index (χ4n) is 12.0. The summed E-state index contributed by atoms with van der Waals surface area (Å²) in [5.41, 5.74) is 1.09. The number of nitrogens with zero attached hydrogens (tertiary/aromatic N) is 1. The third-order valence-electron chi connectivity index (χ3n) is 15.1. The number of carbonyl (C=O) groups excluding carboxylic acids is 2. The zero-order chi connectivity index (χ0) is 43.7. The third-order valence-corrected chi connectivity index (χ3v) is 15.1. The van der Waals surface area contributed by atoms with E-state index < -0.39 is 66.6 Å². The summed E-state index contributed by atoms with van der Waals surface area (Å²) in [5, 5.41) is 16.2. The topological polar surface area (TPSA) is 143 Å². The second-order valence-electron chi connectivity index (χ2n) is 18.8. The highest BCUT2D eigenvalue weighted by molar-refractivity contribution is 5.99. The number of aliphatic hydroxyl groups excluding tert-OH is 1. The summed E-state index contributed by atoms with van der Waals surface area (Å²) in [5.74, 6) is -2.88. The molecule has 3 saturated heterocycles. The summed E-state index contributed by atoms with van der Waals surface area (Å²) < 4.78 is 64.6. The van der Waals surface area contributed by atoms with Crippen LogP contribution in [-0.4, -0.2) is 137 Å². The lowest BCUT2D eigenvalue weighted by molar-refractivity contribution is -0.314. The van der Waals surface area contributed by atoms with Gasteiger partial charge in [0.25, 0.3) is 0 Å². The number of cyclic esters (lactones) is 1. The van der Waals surface area contributed by atoms with Crippen LogP contribution in [0.1, 0.15) is 85.5 Å². The highest BCUT2D eigenvalue weighted by Gasteiger charge is 2.60. The molecule has 1 aromatic rings. The standard InChI is InChI=1S/C47H71FN2O11/c1-10-29-15-12-16-37(61-39-18-17-36(50(5)6)25(3)57-39)24(2)42(52)35-22-32-31-20-30(60-47-46(56-9)45(55-8)44(54-7)26(4)58-47)21-34(31)41(49-28-14-11-13-27(48)19-28)43(53)40(32)33(35)23-38(51)59-29/h11,13-14,19,22,24-26,29-34,36-37,39-41,43-47,49,53H,10,12,15-18,20-21,23H2,1-9H3/t24-,25?,26?,29+,30+,31+,32+,33-,34-,36+,37+,39?,40-,41+,43+,44+,45?,46?,47+/m1/s1. The van der Waals surface area contributed by atoms with E-state index in [1.54, 1.807) is 33.5 Å². The maximum atomic E-state index is 15.1. The first-order valence-corrected chi connectivity index (χ1v) is 22.8. The summed E-state index contributed by atoms with van der Waals surface area (Å²) in [6, 6.07) is 5.98. The van der Waals surface area contributed by atoms with Crippen LogP contribution in [0.2, 0.25) is 0 Å². The number of ketones is 1. The fourth-order valence-corrected chi connectivity index (χ4v) is 12.0. The van der Waals surface area contributed by atoms with Crippen molar-refractivity contribution < 1.29 is 57.0 Å². The van der Waals surface area contributed by atoms with Gasteiger partial charge in [-0.05, 0) is 121 Å². The molecule has 0 amide bonds. The van der Waals surface area contributed by atoms with E-state index in [1.807, 2.05) is 20.8 Å². The Hall–Kier alpha value is -2.53. The number of carbonyl (C=O) groups is 2. The van der Waals surface area contributed by atoms with Crippen molar-refractivity contribution in [2.45, 2.75) is 165 Å². The van der Waals surface area contributed by atoms with Gasteiger partial charge in [-0.15, -0.1) is 0 Å². The first kappa shape index (κ1) is 46.5. The van der Waals surface area contributed by atoms with Gasteiger partial charge >= 0.3 is 5.97 Å². The minimum absolute atomic E-state index is 0.0281. The Morgan fingerprint density at radius 1 is 0.902 bits per heavy atom. The molecule has 0 radical (unpaired) electrons. The normalized spacial score (nSPS) is 43.3. The number of benzene rings is 1. The number of allylic oxidation sites excluding steroid dienone is 2. The minimum atomic E-state index is -0.996. The lowest BCUT2D eigenvalue weighted by Gasteiger charge is -2.47. The van der Waals surface area contributed by atoms with Gasteiger partial charge in [-0.1, -0.05) is 26.0 Å². The second kappa shape index (κ2) is 20.1. The van der Waals surface area contributed by atoms with Crippen LogP contribution in [0.25, 0.3) is 0 Å². The van der Waals surface area contributed by atoms with Crippen molar-refractivity contribution >= 4 is 17.4 Å². The average Bonchev–Trinajstić information content (AvgIpc) is 3.82. The SMILES string of the molecule is CC[C@H]1CCC[C@H](OC2CC[C@H](N(C)C)C(C)O2)[C@@H](C)C(=O)C2=C[C@H]3[C@@H]4C[C@H](O[C@@H]5OC(C)[C@H](OC)C(OC)C5OC)C[C@H]4[C@H](Nc4cccc(F)c4)[C@@H](O)[C@H]3[C@@H]2CC(=O)O1. The van der Waals surface area contributed by atoms with Gasteiger partial charge in [0.15, 0.2) is 18.4 Å². The average molecular weight is 859 g/mol. The number of Topliss-reactive ketones (excluding diaryl/α,β-unsaturated/α-hetero) is 1. The predicted octanol–water partition coefficient (Wildman–Crippen LogP) is 5.91. The molecule has 61 heavy (non-hydrogen) atoms. The van der Waals surface area contributed by atoms with E-state index in [1.165, 1.54) is 12.1 Å². The van der Waals surface area contributed by atoms with E-state index >= 15 is 4.79 Å². The number of likely N-dealkylation sites (N-methyl/N-ethyl adjacent to an activating group) is 1. The van der Waals surface area contributed by atoms with Crippen LogP contribution in [0, 0.1) is 41.3 Å². The number of rotatable bonds is 11. The number of halogens is 1. The lowest BCUT2D eigenvalue weighted by atomic mass is 9.62. The van der Waals surface area contributed by atoms with Crippen molar-refractivity contribution in [1.29, 1.82) is 0 Å². The van der Waals surface area contributed by atoms with Crippen LogP contribution >= 0.6 is 0 Å². The van der Waals surface area contributed by atoms with Crippen molar-refractivity contribution in [3.8, 4) is 0 Å². The molecule has 3 aliphatic carbocycles. The van der Waals surface area contributed by atoms with Crippen LogP contribution in [0.5, 0.6) is 0 Å². The van der Waals surface area contributed by atoms with Crippen LogP contribution in [0.3, 0.4) is 0 Å². The monoisotopic (exact) mass is 859 g/mol. The number of aliphatic hydroxyl groups is 1. The fraction of sp³-hybridized carbons (Fsp3) is 0.787. The van der Waals surface area contributed by atoms with Gasteiger partial charge in [0.05, 0.1) is 43.0 Å². The molecular weight excluding hydrogens is 788 g/mol. The molecule has 3 aliphatic heterocycles. The zero-order valence-electron chi connectivity index (χ0n) is 37.6. The zero-order valence-corrected chi connectivity index (χ0v) is 37.6. The maximum Gasteiger partial charge on any atom is 0.306 e. The van der Waals surface area contributed by atoms with Crippen molar-refractivity contribution in [2.24, 2.45) is 35.5 Å². The molecule has 7 rings (SSSR count). The van der Waals surface area contributed by atoms with Gasteiger partial charge in [-0.25, -0.2) is 4.39 Å². The van der Waals surface area contributed by atoms with E-state index in [4.69, 9.17) is 37.9 Å². The van der Waals surface area contributed by atoms with Crippen molar-refractivity contribution in [1.82, 2.24) is 4.90 Å². The van der Waals surface area contributed by atoms with Gasteiger partial charge in [0.2, 0.25) is 0 Å². The number of hydrogen-bond acceptors (Lipinski definition) is 13. The summed E-state index contributed by atoms with van der Waals surface area (Å²) >= 11 is 0. The Morgan fingerprint density at radius 2 is 1.64 bits per heavy atom. The molecule has 19 atom stereocenters. The van der Waals surface area contributed by atoms with Crippen LogP contribution in [0.15, 0.2) is 35.9 Å². The minimum Gasteiger partial charge on any atom is -0.462 e. The van der Waals surface area contributed by atoms with E-state index in [2.05, 4.69) is 37.3 Å². The summed E-state index contributed by atoms with van der Waals surface area (Å²) in [4.78, 5) is 31.1. The molecule has 0 spiro atoms. The summed E-state index contributed by atoms with van der Waals surface area (Å²) in [6.07, 6.45) is 2.61. The van der Waals surface area contributed by atoms with Gasteiger partial charge in [-0.2, -0.15) is 0 Å². The Balaban J connectivity index is 1.20. The molecule has 14 heteroatoms. The molecule has 342 valence electrons. The van der Waals surface area contributed by atoms with E-state index in [0.717, 1.165) is 19.3 Å². The number of hydrogen-bond donors (Lipinski definition) is 2. The van der Waals surface area contributed by atoms with Crippen LogP contribution < -0.4 is 5.32 Å². The molecule has 0 bridgehead atoms. The van der Waals surface area contributed by atoms with Crippen molar-refractivity contribution in [3.63, 3.8) is 0 Å². The first-order chi connectivity index (χ1) is 29.3. The number of esters is 1. The predicted molar refractivity (Wildman–Crippen MR) is 225 cm³/mol. The third kappa shape index (κ3) is 9.78. The summed E-state index contributed by atoms with van der Waals surface area (Å²) in [7, 11) is 8.97. The molecule has 5 unspecified atom stereocenters. The molecule has 13 nitrogen and oxygen atoms in total. The first-order valence-electron chi connectivity index (χ1n) is 22.8. The molecule has 3 heterocycles. The molecule has 6 aliphatic rings. The lowest BCUT2D eigenvalue weighted by Crippen LogP contribution is -2.59. The smallest absolute Gasteiger partial charge is 0.306 e. The Kier molecular flexibility index (Phi) is 15.3. The van der Waals surface area contributed by atoms with Gasteiger partial charge in [0.1, 0.15) is 30.2 Å². The highest BCUT2D eigenvalue weighted by Crippen LogP contribution is 2.57. The van der Waals surface area contributed by atoms with E-state index in [0.29, 0.717) is 43.4 Å². The number of anilines is 1. The quantitative estimate of drug-likeness (QED) is 0.255. The number of ether oxygens (including phenoxy) is 8. The van der Waals surface area contributed by atoms with Crippen molar-refractivity contribution in [2.75, 3.05) is 40.7 Å². The number of fused-ring (bicyclic) bond motifs is 5. The molecule has 2 N–H and O–H groups in total. The van der Waals surface area contributed by atoms with Crippen LogP contribution in [-0.2, 0) is 47.5 Å². The molecule has 0 aromatic heterocycles. The molecule has 5 fully saturated rings. The molecule has 1 aromatic carbocycles. The Morgan fingerprint density at radius 3 is 2.31 bits per heavy atom.